The van der Waals surface area contributed by atoms with Crippen LogP contribution in [0.4, 0.5) is 9.18 Å². The predicted molar refractivity (Wildman–Crippen MR) is 105 cm³/mol. The van der Waals surface area contributed by atoms with Gasteiger partial charge in [0.15, 0.2) is 0 Å². The second kappa shape index (κ2) is 7.67. The van der Waals surface area contributed by atoms with Crippen molar-refractivity contribution >= 4 is 11.9 Å². The van der Waals surface area contributed by atoms with Crippen molar-refractivity contribution in [2.45, 2.75) is 38.8 Å². The van der Waals surface area contributed by atoms with Crippen LogP contribution in [-0.4, -0.2) is 35.7 Å². The molecule has 1 aliphatic heterocycles. The molecular weight excluding hydrogens is 361 g/mol. The Balaban J connectivity index is 1.87. The third-order valence-corrected chi connectivity index (χ3v) is 4.20. The third kappa shape index (κ3) is 4.72. The van der Waals surface area contributed by atoms with Crippen molar-refractivity contribution in [3.8, 4) is 11.1 Å². The van der Waals surface area contributed by atoms with Crippen LogP contribution in [-0.2, 0) is 15.0 Å². The van der Waals surface area contributed by atoms with Gasteiger partial charge < -0.3 is 9.47 Å². The van der Waals surface area contributed by atoms with Crippen LogP contribution in [0, 0.1) is 5.95 Å². The molecule has 0 bridgehead atoms. The minimum absolute atomic E-state index is 0.186. The Labute approximate surface area is 163 Å². The summed E-state index contributed by atoms with van der Waals surface area (Å²) in [5.41, 5.74) is 0.632. The normalized spacial score (nSPS) is 19.7. The monoisotopic (exact) mass is 385 g/mol. The molecule has 1 aliphatic rings. The number of alkyl carbamates (subject to hydrolysis) is 1. The number of pyridine rings is 1. The average molecular weight is 385 g/mol. The first kappa shape index (κ1) is 19.9. The number of ether oxygens (including phenoxy) is 2. The number of carbonyl (C=O) groups is 1. The van der Waals surface area contributed by atoms with E-state index in [2.05, 4.69) is 15.3 Å². The summed E-state index contributed by atoms with van der Waals surface area (Å²) in [6, 6.07) is 10.8. The van der Waals surface area contributed by atoms with Crippen molar-refractivity contribution in [1.29, 1.82) is 0 Å². The molecule has 1 aromatic carbocycles. The van der Waals surface area contributed by atoms with Gasteiger partial charge in [-0.3, -0.25) is 10.3 Å². The summed E-state index contributed by atoms with van der Waals surface area (Å²) >= 11 is 0. The number of rotatable bonds is 2. The highest BCUT2D eigenvalue weighted by Crippen LogP contribution is 2.32. The summed E-state index contributed by atoms with van der Waals surface area (Å²) in [5, 5.41) is 2.65. The molecule has 0 aliphatic carbocycles. The summed E-state index contributed by atoms with van der Waals surface area (Å²) < 4.78 is 25.0. The Kier molecular flexibility index (Phi) is 5.47. The second-order valence-corrected chi connectivity index (χ2v) is 7.87. The fraction of sp³-hybridized carbons (Fsp3) is 0.381. The second-order valence-electron chi connectivity index (χ2n) is 7.87. The van der Waals surface area contributed by atoms with Gasteiger partial charge in [0.05, 0.1) is 6.61 Å². The van der Waals surface area contributed by atoms with E-state index in [0.717, 1.165) is 5.56 Å². The fourth-order valence-electron chi connectivity index (χ4n) is 2.97. The summed E-state index contributed by atoms with van der Waals surface area (Å²) in [4.78, 5) is 20.4. The highest BCUT2D eigenvalue weighted by atomic mass is 19.1. The van der Waals surface area contributed by atoms with Crippen LogP contribution in [0.3, 0.4) is 0 Å². The van der Waals surface area contributed by atoms with Crippen LogP contribution in [0.1, 0.15) is 33.3 Å². The van der Waals surface area contributed by atoms with Gasteiger partial charge in [-0.15, -0.1) is 0 Å². The topological polar surface area (TPSA) is 72.8 Å². The highest BCUT2D eigenvalue weighted by molar-refractivity contribution is 5.96. The van der Waals surface area contributed by atoms with Crippen molar-refractivity contribution in [3.63, 3.8) is 0 Å². The Morgan fingerprint density at radius 3 is 2.79 bits per heavy atom. The summed E-state index contributed by atoms with van der Waals surface area (Å²) in [5.74, 6) is -0.138. The number of hydrogen-bond acceptors (Lipinski definition) is 5. The molecule has 0 radical (unpaired) electrons. The number of carbonyl (C=O) groups excluding carboxylic acids is 1. The molecule has 2 heterocycles. The predicted octanol–water partition coefficient (Wildman–Crippen LogP) is 4.06. The molecule has 2 aromatic rings. The van der Waals surface area contributed by atoms with Crippen LogP contribution in [0.2, 0.25) is 0 Å². The molecule has 0 spiro atoms. The molecule has 7 heteroatoms. The van der Waals surface area contributed by atoms with Gasteiger partial charge in [-0.25, -0.2) is 9.78 Å². The smallest absolute Gasteiger partial charge is 0.413 e. The molecule has 1 atom stereocenters. The lowest BCUT2D eigenvalue weighted by molar-refractivity contribution is 0.0543. The number of nitrogens with zero attached hydrogens (tertiary/aromatic N) is 2. The number of amidine groups is 1. The van der Waals surface area contributed by atoms with Gasteiger partial charge in [0.2, 0.25) is 5.95 Å². The zero-order chi connectivity index (χ0) is 20.4. The van der Waals surface area contributed by atoms with Crippen molar-refractivity contribution in [2.24, 2.45) is 4.99 Å². The number of benzene rings is 1. The molecule has 0 saturated heterocycles. The number of hydrogen-bond donors (Lipinski definition) is 1. The quantitative estimate of drug-likeness (QED) is 0.792. The lowest BCUT2D eigenvalue weighted by atomic mass is 9.90. The molecule has 28 heavy (non-hydrogen) atoms. The van der Waals surface area contributed by atoms with Crippen molar-refractivity contribution < 1.29 is 18.7 Å². The van der Waals surface area contributed by atoms with Crippen LogP contribution in [0.25, 0.3) is 11.1 Å². The summed E-state index contributed by atoms with van der Waals surface area (Å²) in [6.07, 6.45) is 0.836. The van der Waals surface area contributed by atoms with E-state index in [1.165, 1.54) is 6.20 Å². The maximum atomic E-state index is 14.1. The molecule has 1 aromatic heterocycles. The molecule has 1 N–H and O–H groups in total. The van der Waals surface area contributed by atoms with Gasteiger partial charge in [0, 0.05) is 11.8 Å². The molecule has 0 unspecified atom stereocenters. The summed E-state index contributed by atoms with van der Waals surface area (Å²) in [6.45, 7) is 7.80. The largest absolute Gasteiger partial charge is 0.444 e. The maximum absolute atomic E-state index is 14.1. The Morgan fingerprint density at radius 2 is 2.07 bits per heavy atom. The molecule has 0 saturated carbocycles. The third-order valence-electron chi connectivity index (χ3n) is 4.20. The van der Waals surface area contributed by atoms with Crippen LogP contribution >= 0.6 is 0 Å². The number of aromatic nitrogens is 1. The highest BCUT2D eigenvalue weighted by Gasteiger charge is 2.32. The van der Waals surface area contributed by atoms with Gasteiger partial charge >= 0.3 is 6.09 Å². The fourth-order valence-corrected chi connectivity index (χ4v) is 2.97. The van der Waals surface area contributed by atoms with E-state index in [4.69, 9.17) is 9.47 Å². The maximum Gasteiger partial charge on any atom is 0.413 e. The van der Waals surface area contributed by atoms with Crippen molar-refractivity contribution in [3.05, 3.63) is 54.1 Å². The first-order valence-corrected chi connectivity index (χ1v) is 9.04. The molecule has 148 valence electrons. The zero-order valence-corrected chi connectivity index (χ0v) is 16.5. The Bertz CT molecular complexity index is 908. The molecule has 0 fully saturated rings. The number of nitrogens with one attached hydrogen (secondary N) is 1. The first-order valence-electron chi connectivity index (χ1n) is 9.04. The number of amides is 1. The van der Waals surface area contributed by atoms with E-state index >= 15 is 0 Å². The van der Waals surface area contributed by atoms with E-state index in [1.807, 2.05) is 31.2 Å². The van der Waals surface area contributed by atoms with Gasteiger partial charge in [-0.2, -0.15) is 4.39 Å². The SMILES string of the molecule is CC(C)(C)OC(=O)NC1=N[C@@](C)(c2cccc(-c3cccnc3F)c2)COC1. The Hall–Kier alpha value is -2.80. The van der Waals surface area contributed by atoms with Crippen molar-refractivity contribution in [2.75, 3.05) is 13.2 Å². The van der Waals surface area contributed by atoms with E-state index in [-0.39, 0.29) is 6.61 Å². The first-order chi connectivity index (χ1) is 13.2. The van der Waals surface area contributed by atoms with E-state index in [1.54, 1.807) is 32.9 Å². The van der Waals surface area contributed by atoms with Crippen LogP contribution < -0.4 is 5.32 Å². The molecule has 1 amide bonds. The average Bonchev–Trinajstić information content (AvgIpc) is 2.60. The van der Waals surface area contributed by atoms with E-state index in [0.29, 0.717) is 23.6 Å². The van der Waals surface area contributed by atoms with Crippen LogP contribution in [0.5, 0.6) is 0 Å². The van der Waals surface area contributed by atoms with E-state index in [9.17, 15) is 9.18 Å². The van der Waals surface area contributed by atoms with Gasteiger partial charge in [-0.1, -0.05) is 18.2 Å². The minimum atomic E-state index is -0.725. The summed E-state index contributed by atoms with van der Waals surface area (Å²) in [7, 11) is 0. The van der Waals surface area contributed by atoms with E-state index < -0.39 is 23.2 Å². The molecule has 3 rings (SSSR count). The lowest BCUT2D eigenvalue weighted by Gasteiger charge is -2.31. The lowest BCUT2D eigenvalue weighted by Crippen LogP contribution is -2.44. The standard InChI is InChI=1S/C21H24FN3O3/c1-20(2,3)28-19(26)24-17-12-27-13-21(4,25-17)15-8-5-7-14(11-15)16-9-6-10-23-18(16)22/h5-11H,12-13H2,1-4H3,(H,24,25,26)/t21-/m1/s1. The molecular formula is C21H24FN3O3. The van der Waals surface area contributed by atoms with Crippen molar-refractivity contribution in [1.82, 2.24) is 10.3 Å². The number of halogens is 1. The van der Waals surface area contributed by atoms with Gasteiger partial charge in [0.1, 0.15) is 23.6 Å². The zero-order valence-electron chi connectivity index (χ0n) is 16.5. The minimum Gasteiger partial charge on any atom is -0.444 e. The molecule has 6 nitrogen and oxygen atoms in total. The van der Waals surface area contributed by atoms with Crippen LogP contribution in [0.15, 0.2) is 47.6 Å². The van der Waals surface area contributed by atoms with Gasteiger partial charge in [-0.05, 0) is 57.0 Å². The van der Waals surface area contributed by atoms with Gasteiger partial charge in [0.25, 0.3) is 0 Å². The number of aliphatic imine (C=N–C) groups is 1. The Morgan fingerprint density at radius 1 is 1.29 bits per heavy atom.